The van der Waals surface area contributed by atoms with Crippen LogP contribution in [0, 0.1) is 0 Å². The number of nitrogens with zero attached hydrogens (tertiary/aromatic N) is 34. The van der Waals surface area contributed by atoms with Crippen molar-refractivity contribution < 1.29 is 19.1 Å². The summed E-state index contributed by atoms with van der Waals surface area (Å²) in [7, 11) is 2.12. The number of halogens is 3. The number of nitrogens with two attached hydrogens (primary N) is 2. The zero-order valence-electron chi connectivity index (χ0n) is 70.8. The summed E-state index contributed by atoms with van der Waals surface area (Å²) < 4.78 is 20.4. The molecule has 8 aliphatic heterocycles. The SMILES string of the molecule is CC1C(C2=CCN=C2)OCCN1c1ccnc(-c2cnc3cnc(Cl)cn23)n1.CN1CCN(c2ccnc(-c3cnc4cnc(C(N)=O)cn34)n2)CC1.Clc1cn2c(-c3nccc(N4CCNC(C5=CCN=C5)C4)n3)cnc2cn1.Clc1cn2c(-c3nccc(N4CCNC(C5=CCN=C5)C4)n3)cnc2cn1.NC(=O)c1cn2c(-c3nccc(N4CCOCC4)n3)cnc2cn1. The third-order valence-corrected chi connectivity index (χ3v) is 23.5. The maximum absolute atomic E-state index is 11.4. The van der Waals surface area contributed by atoms with Crippen LogP contribution in [0.15, 0.2) is 204 Å². The van der Waals surface area contributed by atoms with Gasteiger partial charge >= 0.3 is 0 Å². The minimum atomic E-state index is -0.598. The number of rotatable bonds is 15. The molecule has 2 amide bonds. The molecule has 5 saturated heterocycles. The van der Waals surface area contributed by atoms with Gasteiger partial charge in [-0.15, -0.1) is 0 Å². The van der Waals surface area contributed by atoms with Gasteiger partial charge in [0.2, 0.25) is 0 Å². The van der Waals surface area contributed by atoms with E-state index in [0.29, 0.717) is 104 Å². The summed E-state index contributed by atoms with van der Waals surface area (Å²) in [4.78, 5) is 137. The molecule has 15 aromatic rings. The lowest BCUT2D eigenvalue weighted by atomic mass is 10.0. The Morgan fingerprint density at radius 3 is 1.10 bits per heavy atom. The molecule has 131 heavy (non-hydrogen) atoms. The predicted octanol–water partition coefficient (Wildman–Crippen LogP) is 5.86. The van der Waals surface area contributed by atoms with E-state index >= 15 is 0 Å². The number of imidazole rings is 5. The number of likely N-dealkylation sites (N-methyl/N-ethyl adjacent to an activating group) is 1. The molecule has 0 spiro atoms. The molecule has 0 saturated carbocycles. The van der Waals surface area contributed by atoms with E-state index in [1.165, 1.54) is 23.5 Å². The second kappa shape index (κ2) is 38.7. The van der Waals surface area contributed by atoms with Crippen LogP contribution in [-0.4, -0.2) is 313 Å². The Balaban J connectivity index is 0.000000106. The molecule has 4 atom stereocenters. The first kappa shape index (κ1) is 85.8. The fourth-order valence-corrected chi connectivity index (χ4v) is 16.6. The van der Waals surface area contributed by atoms with Crippen LogP contribution in [0.5, 0.6) is 0 Å². The lowest BCUT2D eigenvalue weighted by molar-refractivity contribution is 0.0432. The second-order valence-electron chi connectivity index (χ2n) is 31.1. The van der Waals surface area contributed by atoms with Gasteiger partial charge in [0.1, 0.15) is 90.5 Å². The summed E-state index contributed by atoms with van der Waals surface area (Å²) >= 11 is 18.1. The van der Waals surface area contributed by atoms with Gasteiger partial charge in [-0.2, -0.15) is 0 Å². The fraction of sp³-hybridized carbons (Fsp3) is 0.291. The number of fused-ring (bicyclic) bond motifs is 5. The Hall–Kier alpha value is -14.7. The number of anilines is 5. The molecular formula is C86H85Cl3N38O4. The van der Waals surface area contributed by atoms with Crippen LogP contribution in [0.1, 0.15) is 27.9 Å². The van der Waals surface area contributed by atoms with Crippen LogP contribution in [0.4, 0.5) is 29.1 Å². The molecule has 6 N–H and O–H groups in total. The first-order valence-electron chi connectivity index (χ1n) is 42.2. The van der Waals surface area contributed by atoms with E-state index in [4.69, 9.17) is 70.7 Å². The largest absolute Gasteiger partial charge is 0.378 e. The number of piperazine rings is 3. The number of aromatic nitrogens is 25. The Morgan fingerprint density at radius 2 is 0.725 bits per heavy atom. The van der Waals surface area contributed by atoms with Gasteiger partial charge in [0.15, 0.2) is 57.4 Å². The van der Waals surface area contributed by atoms with Gasteiger partial charge < -0.3 is 61.0 Å². The molecule has 4 unspecified atom stereocenters. The highest BCUT2D eigenvalue weighted by atomic mass is 35.5. The van der Waals surface area contributed by atoms with Crippen LogP contribution in [-0.2, 0) is 9.47 Å². The summed E-state index contributed by atoms with van der Waals surface area (Å²) in [6.07, 6.45) is 45.8. The molecule has 23 heterocycles. The number of ether oxygens (including phenoxy) is 2. The normalized spacial score (nSPS) is 18.5. The quantitative estimate of drug-likeness (QED) is 0.0933. The van der Waals surface area contributed by atoms with Crippen molar-refractivity contribution in [1.29, 1.82) is 0 Å². The lowest BCUT2D eigenvalue weighted by Crippen LogP contribution is -2.52. The Kier molecular flexibility index (Phi) is 25.3. The molecule has 0 aliphatic carbocycles. The third kappa shape index (κ3) is 19.1. The zero-order chi connectivity index (χ0) is 89.4. The van der Waals surface area contributed by atoms with Crippen molar-refractivity contribution in [3.8, 4) is 57.6 Å². The Bertz CT molecular complexity index is 6760. The van der Waals surface area contributed by atoms with Crippen LogP contribution in [0.2, 0.25) is 15.5 Å². The van der Waals surface area contributed by atoms with E-state index in [1.54, 1.807) is 120 Å². The van der Waals surface area contributed by atoms with Crippen molar-refractivity contribution in [2.45, 2.75) is 31.2 Å². The average Bonchev–Trinajstić information content (AvgIpc) is 1.66. The van der Waals surface area contributed by atoms with Gasteiger partial charge in [-0.05, 0) is 61.0 Å². The molecule has 8 aliphatic rings. The van der Waals surface area contributed by atoms with Crippen molar-refractivity contribution in [3.05, 3.63) is 216 Å². The van der Waals surface area contributed by atoms with E-state index in [0.717, 1.165) is 156 Å². The first-order valence-corrected chi connectivity index (χ1v) is 43.3. The minimum absolute atomic E-state index is 0.0147. The fourth-order valence-electron chi connectivity index (χ4n) is 16.1. The topological polar surface area (TPSA) is 465 Å². The molecule has 0 aromatic carbocycles. The Morgan fingerprint density at radius 1 is 0.382 bits per heavy atom. The van der Waals surface area contributed by atoms with Gasteiger partial charge in [0, 0.05) is 166 Å². The van der Waals surface area contributed by atoms with Gasteiger partial charge in [-0.3, -0.25) is 46.6 Å². The monoisotopic (exact) mass is 1820 g/mol. The molecule has 5 fully saturated rings. The van der Waals surface area contributed by atoms with Crippen LogP contribution >= 0.6 is 34.8 Å². The summed E-state index contributed by atoms with van der Waals surface area (Å²) in [5.41, 5.74) is 21.6. The molecule has 45 heteroatoms. The van der Waals surface area contributed by atoms with Crippen LogP contribution < -0.4 is 46.6 Å². The second-order valence-corrected chi connectivity index (χ2v) is 32.2. The van der Waals surface area contributed by atoms with Crippen molar-refractivity contribution >= 4 is 123 Å². The zero-order valence-corrected chi connectivity index (χ0v) is 73.0. The maximum atomic E-state index is 11.4. The van der Waals surface area contributed by atoms with E-state index in [9.17, 15) is 9.59 Å². The Labute approximate surface area is 761 Å². The van der Waals surface area contributed by atoms with Gasteiger partial charge in [0.05, 0.1) is 120 Å². The maximum Gasteiger partial charge on any atom is 0.268 e. The third-order valence-electron chi connectivity index (χ3n) is 22.9. The highest BCUT2D eigenvalue weighted by molar-refractivity contribution is 6.30. The van der Waals surface area contributed by atoms with Crippen molar-refractivity contribution in [1.82, 2.24) is 137 Å². The summed E-state index contributed by atoms with van der Waals surface area (Å²) in [6.45, 7) is 17.9. The van der Waals surface area contributed by atoms with Crippen molar-refractivity contribution in [2.75, 3.05) is 156 Å². The number of nitrogens with one attached hydrogen (secondary N) is 2. The molecule has 0 radical (unpaired) electrons. The number of aliphatic imine (C=N–C) groups is 3. The molecule has 42 nitrogen and oxygen atoms in total. The van der Waals surface area contributed by atoms with Crippen molar-refractivity contribution in [3.63, 3.8) is 0 Å². The summed E-state index contributed by atoms with van der Waals surface area (Å²) in [5.74, 6) is 6.07. The van der Waals surface area contributed by atoms with Gasteiger partial charge in [-0.25, -0.2) is 99.7 Å². The highest BCUT2D eigenvalue weighted by Gasteiger charge is 2.34. The molecule has 0 bridgehead atoms. The van der Waals surface area contributed by atoms with Gasteiger partial charge in [0.25, 0.3) is 11.8 Å². The summed E-state index contributed by atoms with van der Waals surface area (Å²) in [6, 6.07) is 10.3. The number of amides is 2. The van der Waals surface area contributed by atoms with Crippen LogP contribution in [0.3, 0.4) is 0 Å². The molecular weight excluding hydrogens is 1740 g/mol. The highest BCUT2D eigenvalue weighted by Crippen LogP contribution is 2.32. The van der Waals surface area contributed by atoms with E-state index in [2.05, 4.69) is 172 Å². The number of carbonyl (C=O) groups excluding carboxylic acids is 2. The molecule has 23 rings (SSSR count). The number of carbonyl (C=O) groups is 2. The number of hydrogen-bond acceptors (Lipinski definition) is 35. The molecule has 664 valence electrons. The van der Waals surface area contributed by atoms with E-state index < -0.39 is 11.8 Å². The number of primary amides is 2. The van der Waals surface area contributed by atoms with Crippen LogP contribution in [0.25, 0.3) is 85.8 Å². The van der Waals surface area contributed by atoms with E-state index in [-0.39, 0.29) is 35.6 Å². The van der Waals surface area contributed by atoms with Crippen molar-refractivity contribution in [2.24, 2.45) is 26.4 Å². The standard InChI is InChI=1S/C19H18ClN7O.2C18H17ClN8.C16H18N8O.C15H15N7O2/c1-12-18(13-2-4-21-8-13)28-7-6-26(12)16-3-5-22-19(25-16)14-9-24-17-10-23-15(20)11-27(14)17;2*19-15-11-27-14(8-24-17(27)9-23-15)18-22-4-2-16(25-18)26-6-5-21-13(10-26)12-1-3-20-7-12;1-22-4-6-23(7-5-22)13-2-3-18-16(21-13)12-8-20-14-9-19-11(15(17)25)10-24(12)14;16-14(23)10-9-22-11(7-19-13(22)8-18-10)15-17-2-1-12(20-15)21-3-5-24-6-4-21/h2-3,5,8-12,18H,4,6-7H2,1H3;2*1-2,4,7-9,11,13,21H,3,5-6,10H2;2-3,8-10H,4-7H2,1H3,(H2,17,25);1-2,7-9H,3-6H2,(H2,16,23). The predicted molar refractivity (Wildman–Crippen MR) is 494 cm³/mol. The lowest BCUT2D eigenvalue weighted by Gasteiger charge is -2.40. The summed E-state index contributed by atoms with van der Waals surface area (Å²) in [5, 5.41) is 8.29. The smallest absolute Gasteiger partial charge is 0.268 e. The number of hydrogen-bond donors (Lipinski definition) is 4. The van der Waals surface area contributed by atoms with E-state index in [1.807, 2.05) is 62.2 Å². The number of morpholine rings is 2. The first-order chi connectivity index (χ1) is 64.1. The van der Waals surface area contributed by atoms with Gasteiger partial charge in [-0.1, -0.05) is 53.0 Å². The minimum Gasteiger partial charge on any atom is -0.378 e. The average molecular weight is 1820 g/mol. The molecule has 15 aromatic heterocycles.